The van der Waals surface area contributed by atoms with Gasteiger partial charge in [0.25, 0.3) is 0 Å². The Morgan fingerprint density at radius 3 is 2.39 bits per heavy atom. The molecule has 0 radical (unpaired) electrons. The Kier molecular flexibility index (Phi) is 5.92. The van der Waals surface area contributed by atoms with Crippen molar-refractivity contribution in [3.63, 3.8) is 0 Å². The van der Waals surface area contributed by atoms with Gasteiger partial charge in [0.15, 0.2) is 5.82 Å². The number of hydrogen-bond donors (Lipinski definition) is 2. The molecule has 4 aromatic rings. The molecule has 1 aromatic carbocycles. The summed E-state index contributed by atoms with van der Waals surface area (Å²) in [5.74, 6) is 1.64. The van der Waals surface area contributed by atoms with Crippen LogP contribution in [0.1, 0.15) is 25.7 Å². The second-order valence-electron chi connectivity index (χ2n) is 8.83. The van der Waals surface area contributed by atoms with Gasteiger partial charge < -0.3 is 10.4 Å². The molecule has 8 nitrogen and oxygen atoms in total. The zero-order valence-electron chi connectivity index (χ0n) is 19.0. The number of aliphatic hydroxyl groups is 1. The third-order valence-corrected chi connectivity index (χ3v) is 6.36. The quantitative estimate of drug-likeness (QED) is 0.469. The van der Waals surface area contributed by atoms with Crippen molar-refractivity contribution in [3.8, 4) is 33.6 Å². The molecule has 1 aliphatic rings. The van der Waals surface area contributed by atoms with Crippen molar-refractivity contribution in [1.82, 2.24) is 29.5 Å². The molecule has 2 atom stereocenters. The van der Waals surface area contributed by atoms with Crippen LogP contribution in [0.2, 0.25) is 0 Å². The number of aryl methyl sites for hydroxylation is 2. The summed E-state index contributed by atoms with van der Waals surface area (Å²) in [5.41, 5.74) is 4.92. The van der Waals surface area contributed by atoms with Crippen molar-refractivity contribution in [2.45, 2.75) is 31.8 Å². The number of rotatable bonds is 6. The molecule has 8 heteroatoms. The summed E-state index contributed by atoms with van der Waals surface area (Å²) in [6, 6.07) is 8.19. The highest BCUT2D eigenvalue weighted by Gasteiger charge is 2.23. The summed E-state index contributed by atoms with van der Waals surface area (Å²) >= 11 is 0. The van der Waals surface area contributed by atoms with Crippen molar-refractivity contribution in [3.05, 3.63) is 55.2 Å². The van der Waals surface area contributed by atoms with Crippen molar-refractivity contribution in [2.24, 2.45) is 20.0 Å². The van der Waals surface area contributed by atoms with E-state index in [1.165, 1.54) is 0 Å². The zero-order chi connectivity index (χ0) is 22.8. The summed E-state index contributed by atoms with van der Waals surface area (Å²) in [5, 5.41) is 22.5. The molecular weight excluding hydrogens is 414 g/mol. The van der Waals surface area contributed by atoms with E-state index in [0.717, 1.165) is 59.3 Å². The molecule has 3 heterocycles. The maximum Gasteiger partial charge on any atom is 0.161 e. The first-order valence-corrected chi connectivity index (χ1v) is 11.4. The van der Waals surface area contributed by atoms with Crippen LogP contribution in [0, 0.1) is 5.92 Å². The molecule has 0 aliphatic heterocycles. The first-order chi connectivity index (χ1) is 16.1. The molecule has 0 bridgehead atoms. The second kappa shape index (κ2) is 9.15. The zero-order valence-corrected chi connectivity index (χ0v) is 19.0. The lowest BCUT2D eigenvalue weighted by atomic mass is 9.86. The smallest absolute Gasteiger partial charge is 0.161 e. The highest BCUT2D eigenvalue weighted by molar-refractivity contribution is 5.76. The van der Waals surface area contributed by atoms with E-state index in [4.69, 9.17) is 4.98 Å². The molecule has 0 spiro atoms. The number of aliphatic hydroxyl groups excluding tert-OH is 1. The Hall–Kier alpha value is -3.52. The maximum absolute atomic E-state index is 10.4. The SMILES string of the molecule is Cn1cc(-c2cccc(-c3ncc(-c4cnn(C)c4)c(NC[C@@H]4CCCC[C@H]4O)n3)c2)cn1. The van der Waals surface area contributed by atoms with E-state index in [-0.39, 0.29) is 12.0 Å². The number of nitrogens with zero attached hydrogens (tertiary/aromatic N) is 6. The van der Waals surface area contributed by atoms with E-state index < -0.39 is 0 Å². The summed E-state index contributed by atoms with van der Waals surface area (Å²) in [6.45, 7) is 0.681. The number of benzene rings is 1. The van der Waals surface area contributed by atoms with E-state index in [0.29, 0.717) is 12.4 Å². The average molecular weight is 444 g/mol. The Labute approximate surface area is 193 Å². The number of anilines is 1. The first kappa shape index (κ1) is 21.3. The highest BCUT2D eigenvalue weighted by atomic mass is 16.3. The predicted molar refractivity (Wildman–Crippen MR) is 128 cm³/mol. The number of aromatic nitrogens is 6. The van der Waals surface area contributed by atoms with Crippen LogP contribution < -0.4 is 5.32 Å². The van der Waals surface area contributed by atoms with Crippen molar-refractivity contribution >= 4 is 5.82 Å². The molecule has 2 N–H and O–H groups in total. The summed E-state index contributed by atoms with van der Waals surface area (Å²) in [7, 11) is 3.81. The minimum Gasteiger partial charge on any atom is -0.393 e. The van der Waals surface area contributed by atoms with Crippen molar-refractivity contribution in [1.29, 1.82) is 0 Å². The third kappa shape index (κ3) is 4.66. The second-order valence-corrected chi connectivity index (χ2v) is 8.83. The van der Waals surface area contributed by atoms with Crippen LogP contribution >= 0.6 is 0 Å². The molecule has 1 fully saturated rings. The fraction of sp³-hybridized carbons (Fsp3) is 0.360. The first-order valence-electron chi connectivity index (χ1n) is 11.4. The molecular formula is C25H29N7O. The van der Waals surface area contributed by atoms with Gasteiger partial charge in [0.2, 0.25) is 0 Å². The van der Waals surface area contributed by atoms with Crippen molar-refractivity contribution < 1.29 is 5.11 Å². The van der Waals surface area contributed by atoms with Gasteiger partial charge in [-0.3, -0.25) is 9.36 Å². The standard InChI is InChI=1S/C25H29N7O/c1-31-15-20(12-28-31)17-7-5-8-18(10-17)24-27-14-22(21-13-29-32(2)16-21)25(30-24)26-11-19-6-3-4-9-23(19)33/h5,7-8,10,12-16,19,23,33H,3-4,6,9,11H2,1-2H3,(H,26,27,30)/t19-,23+/m0/s1. The largest absolute Gasteiger partial charge is 0.393 e. The number of hydrogen-bond acceptors (Lipinski definition) is 6. The Morgan fingerprint density at radius 2 is 1.67 bits per heavy atom. The molecule has 170 valence electrons. The monoisotopic (exact) mass is 443 g/mol. The van der Waals surface area contributed by atoms with Gasteiger partial charge in [-0.1, -0.05) is 31.0 Å². The van der Waals surface area contributed by atoms with Crippen LogP contribution in [0.5, 0.6) is 0 Å². The average Bonchev–Trinajstić information content (AvgIpc) is 3.47. The fourth-order valence-electron chi connectivity index (χ4n) is 4.49. The minimum atomic E-state index is -0.259. The van der Waals surface area contributed by atoms with Gasteiger partial charge >= 0.3 is 0 Å². The molecule has 1 saturated carbocycles. The third-order valence-electron chi connectivity index (χ3n) is 6.36. The molecule has 0 amide bonds. The van der Waals surface area contributed by atoms with Crippen LogP contribution in [0.25, 0.3) is 33.6 Å². The van der Waals surface area contributed by atoms with Gasteiger partial charge in [0.1, 0.15) is 5.82 Å². The molecule has 3 aromatic heterocycles. The van der Waals surface area contributed by atoms with Gasteiger partial charge in [0.05, 0.1) is 18.5 Å². The van der Waals surface area contributed by atoms with E-state index in [2.05, 4.69) is 32.6 Å². The minimum absolute atomic E-state index is 0.229. The molecule has 0 saturated heterocycles. The van der Waals surface area contributed by atoms with Crippen LogP contribution in [-0.4, -0.2) is 47.3 Å². The van der Waals surface area contributed by atoms with Gasteiger partial charge in [-0.25, -0.2) is 9.97 Å². The van der Waals surface area contributed by atoms with Gasteiger partial charge in [-0.15, -0.1) is 0 Å². The topological polar surface area (TPSA) is 93.7 Å². The fourth-order valence-corrected chi connectivity index (χ4v) is 4.49. The Morgan fingerprint density at radius 1 is 0.939 bits per heavy atom. The Bertz CT molecular complexity index is 1250. The normalized spacial score (nSPS) is 18.4. The molecule has 1 aliphatic carbocycles. The summed E-state index contributed by atoms with van der Waals surface area (Å²) < 4.78 is 3.57. The highest BCUT2D eigenvalue weighted by Crippen LogP contribution is 2.31. The van der Waals surface area contributed by atoms with Crippen LogP contribution in [0.3, 0.4) is 0 Å². The lowest BCUT2D eigenvalue weighted by Crippen LogP contribution is -2.30. The van der Waals surface area contributed by atoms with E-state index in [1.807, 2.05) is 57.2 Å². The molecule has 5 rings (SSSR count). The van der Waals surface area contributed by atoms with Gasteiger partial charge in [-0.2, -0.15) is 10.2 Å². The maximum atomic E-state index is 10.4. The van der Waals surface area contributed by atoms with Gasteiger partial charge in [0, 0.05) is 67.4 Å². The lowest BCUT2D eigenvalue weighted by molar-refractivity contribution is 0.0763. The van der Waals surface area contributed by atoms with Crippen molar-refractivity contribution in [2.75, 3.05) is 11.9 Å². The van der Waals surface area contributed by atoms with E-state index in [1.54, 1.807) is 9.36 Å². The predicted octanol–water partition coefficient (Wildman–Crippen LogP) is 3.91. The lowest BCUT2D eigenvalue weighted by Gasteiger charge is -2.28. The summed E-state index contributed by atoms with van der Waals surface area (Å²) in [4.78, 5) is 9.60. The van der Waals surface area contributed by atoms with E-state index >= 15 is 0 Å². The number of nitrogens with one attached hydrogen (secondary N) is 1. The van der Waals surface area contributed by atoms with Crippen LogP contribution in [0.15, 0.2) is 55.2 Å². The molecule has 33 heavy (non-hydrogen) atoms. The Balaban J connectivity index is 1.48. The molecule has 0 unspecified atom stereocenters. The van der Waals surface area contributed by atoms with E-state index in [9.17, 15) is 5.11 Å². The van der Waals surface area contributed by atoms with Gasteiger partial charge in [-0.05, 0) is 24.5 Å². The van der Waals surface area contributed by atoms with Crippen LogP contribution in [0.4, 0.5) is 5.82 Å². The summed E-state index contributed by atoms with van der Waals surface area (Å²) in [6.07, 6.45) is 13.4. The van der Waals surface area contributed by atoms with Crippen LogP contribution in [-0.2, 0) is 14.1 Å².